The highest BCUT2D eigenvalue weighted by molar-refractivity contribution is 5.36. The second kappa shape index (κ2) is 7.80. The molecular weight excluding hydrogens is 351 g/mol. The van der Waals surface area contributed by atoms with Crippen LogP contribution in [-0.4, -0.2) is 51.9 Å². The van der Waals surface area contributed by atoms with E-state index in [1.54, 1.807) is 31.2 Å². The van der Waals surface area contributed by atoms with E-state index in [4.69, 9.17) is 4.74 Å². The second-order valence-electron chi connectivity index (χ2n) is 7.08. The fourth-order valence-electron chi connectivity index (χ4n) is 3.43. The van der Waals surface area contributed by atoms with Gasteiger partial charge in [-0.15, -0.1) is 0 Å². The van der Waals surface area contributed by atoms with Gasteiger partial charge in [0, 0.05) is 19.6 Å². The summed E-state index contributed by atoms with van der Waals surface area (Å²) in [6, 6.07) is 8.11. The predicted octanol–water partition coefficient (Wildman–Crippen LogP) is 2.26. The molecule has 1 aliphatic rings. The van der Waals surface area contributed by atoms with E-state index in [0.29, 0.717) is 43.7 Å². The van der Waals surface area contributed by atoms with Gasteiger partial charge in [0.05, 0.1) is 18.9 Å². The molecule has 1 aliphatic heterocycles. The number of phenolic OH excluding ortho intramolecular Hbond substituents is 1. The van der Waals surface area contributed by atoms with Crippen LogP contribution in [0, 0.1) is 12.9 Å². The fraction of sp³-hybridized carbons (Fsp3) is 0.450. The largest absolute Gasteiger partial charge is 0.508 e. The first-order chi connectivity index (χ1) is 12.8. The first-order valence-corrected chi connectivity index (χ1v) is 8.96. The number of rotatable bonds is 5. The number of β-amino-alcohol motifs (C(OH)–C–C–N with tert-alkyl or cyclic N) is 1. The molecule has 1 unspecified atom stereocenters. The van der Waals surface area contributed by atoms with Gasteiger partial charge in [-0.25, -0.2) is 4.98 Å². The van der Waals surface area contributed by atoms with Crippen molar-refractivity contribution in [1.82, 2.24) is 9.88 Å². The minimum Gasteiger partial charge on any atom is -0.508 e. The summed E-state index contributed by atoms with van der Waals surface area (Å²) in [4.78, 5) is 5.91. The van der Waals surface area contributed by atoms with Crippen molar-refractivity contribution < 1.29 is 24.4 Å². The zero-order valence-corrected chi connectivity index (χ0v) is 15.5. The zero-order chi connectivity index (χ0) is 19.6. The number of hydrogen-bond donors (Lipinski definition) is 3. The van der Waals surface area contributed by atoms with Gasteiger partial charge in [-0.3, -0.25) is 0 Å². The number of nitrogens with zero attached hydrogens (tertiary/aromatic N) is 2. The van der Waals surface area contributed by atoms with Gasteiger partial charge in [0.1, 0.15) is 11.4 Å². The molecule has 0 saturated carbocycles. The van der Waals surface area contributed by atoms with Crippen molar-refractivity contribution in [3.63, 3.8) is 0 Å². The monoisotopic (exact) mass is 376 g/mol. The Morgan fingerprint density at radius 2 is 1.96 bits per heavy atom. The molecule has 7 heteroatoms. The first kappa shape index (κ1) is 19.5. The molecule has 1 aromatic carbocycles. The van der Waals surface area contributed by atoms with Gasteiger partial charge < -0.3 is 25.0 Å². The Hall–Kier alpha value is -2.22. The van der Waals surface area contributed by atoms with Crippen LogP contribution < -0.4 is 4.74 Å². The van der Waals surface area contributed by atoms with Gasteiger partial charge >= 0.3 is 0 Å². The standard InChI is InChI=1S/C20H25FN2O4/c1-13-11-14(3-4-15(13)24)16(25)12-23-9-7-20(26,8-10-23)18-6-5-17(27-2)19(21)22-18/h3-6,11,16,24-26H,7-10,12H2,1-2H3. The molecule has 0 spiro atoms. The number of methoxy groups -OCH3 is 1. The topological polar surface area (TPSA) is 86.1 Å². The SMILES string of the molecule is COc1ccc(C2(O)CCN(CC(O)c3ccc(O)c(C)c3)CC2)nc1F. The molecular formula is C20H25FN2O4. The molecule has 2 heterocycles. The van der Waals surface area contributed by atoms with Crippen LogP contribution in [0.3, 0.4) is 0 Å². The Morgan fingerprint density at radius 3 is 2.56 bits per heavy atom. The minimum atomic E-state index is -1.19. The lowest BCUT2D eigenvalue weighted by molar-refractivity contribution is -0.0380. The van der Waals surface area contributed by atoms with Crippen molar-refractivity contribution in [3.05, 3.63) is 53.1 Å². The molecule has 0 bridgehead atoms. The Labute approximate surface area is 157 Å². The molecule has 27 heavy (non-hydrogen) atoms. The van der Waals surface area contributed by atoms with Gasteiger partial charge in [-0.05, 0) is 55.2 Å². The maximum Gasteiger partial charge on any atom is 0.255 e. The number of hydrogen-bond acceptors (Lipinski definition) is 6. The highest BCUT2D eigenvalue weighted by Gasteiger charge is 2.36. The van der Waals surface area contributed by atoms with Crippen LogP contribution in [0.15, 0.2) is 30.3 Å². The van der Waals surface area contributed by atoms with Crippen molar-refractivity contribution >= 4 is 0 Å². The number of aryl methyl sites for hydroxylation is 1. The van der Waals surface area contributed by atoms with Crippen molar-refractivity contribution in [2.75, 3.05) is 26.7 Å². The highest BCUT2D eigenvalue weighted by Crippen LogP contribution is 2.33. The second-order valence-corrected chi connectivity index (χ2v) is 7.08. The van der Waals surface area contributed by atoms with E-state index in [9.17, 15) is 19.7 Å². The number of pyridine rings is 1. The number of piperidine rings is 1. The molecule has 1 atom stereocenters. The van der Waals surface area contributed by atoms with Gasteiger partial charge in [0.15, 0.2) is 5.75 Å². The van der Waals surface area contributed by atoms with Gasteiger partial charge in [-0.1, -0.05) is 6.07 Å². The van der Waals surface area contributed by atoms with Crippen molar-refractivity contribution in [2.45, 2.75) is 31.5 Å². The van der Waals surface area contributed by atoms with Gasteiger partial charge in [0.25, 0.3) is 5.95 Å². The Balaban J connectivity index is 1.62. The van der Waals surface area contributed by atoms with Crippen LogP contribution in [0.25, 0.3) is 0 Å². The van der Waals surface area contributed by atoms with E-state index >= 15 is 0 Å². The number of aromatic nitrogens is 1. The van der Waals surface area contributed by atoms with Crippen LogP contribution in [0.5, 0.6) is 11.5 Å². The summed E-state index contributed by atoms with van der Waals surface area (Å²) in [5.74, 6) is -0.482. The lowest BCUT2D eigenvalue weighted by atomic mass is 9.87. The van der Waals surface area contributed by atoms with Crippen molar-refractivity contribution in [2.24, 2.45) is 0 Å². The maximum atomic E-state index is 13.9. The number of phenols is 1. The molecule has 3 rings (SSSR count). The molecule has 0 amide bonds. The summed E-state index contributed by atoms with van der Waals surface area (Å²) in [5.41, 5.74) is 0.566. The number of aliphatic hydroxyl groups is 2. The number of benzene rings is 1. The van der Waals surface area contributed by atoms with Crippen molar-refractivity contribution in [3.8, 4) is 11.5 Å². The third-order valence-corrected chi connectivity index (χ3v) is 5.23. The molecule has 3 N–H and O–H groups in total. The normalized spacial score (nSPS) is 18.3. The summed E-state index contributed by atoms with van der Waals surface area (Å²) < 4.78 is 18.7. The smallest absolute Gasteiger partial charge is 0.255 e. The van der Waals surface area contributed by atoms with Gasteiger partial charge in [-0.2, -0.15) is 4.39 Å². The summed E-state index contributed by atoms with van der Waals surface area (Å²) in [5, 5.41) is 31.0. The number of ether oxygens (including phenoxy) is 1. The Bertz CT molecular complexity index is 807. The summed E-state index contributed by atoms with van der Waals surface area (Å²) in [7, 11) is 1.37. The Morgan fingerprint density at radius 1 is 1.26 bits per heavy atom. The molecule has 1 fully saturated rings. The maximum absolute atomic E-state index is 13.9. The fourth-order valence-corrected chi connectivity index (χ4v) is 3.43. The summed E-state index contributed by atoms with van der Waals surface area (Å²) >= 11 is 0. The van der Waals surface area contributed by atoms with Crippen LogP contribution in [0.2, 0.25) is 0 Å². The van der Waals surface area contributed by atoms with Gasteiger partial charge in [0.2, 0.25) is 0 Å². The number of likely N-dealkylation sites (tertiary alicyclic amines) is 1. The lowest BCUT2D eigenvalue weighted by Crippen LogP contribution is -2.44. The third-order valence-electron chi connectivity index (χ3n) is 5.23. The highest BCUT2D eigenvalue weighted by atomic mass is 19.1. The molecule has 146 valence electrons. The predicted molar refractivity (Wildman–Crippen MR) is 98.1 cm³/mol. The molecule has 1 saturated heterocycles. The van der Waals surface area contributed by atoms with E-state index in [1.165, 1.54) is 13.2 Å². The summed E-state index contributed by atoms with van der Waals surface area (Å²) in [6.07, 6.45) is 0.104. The first-order valence-electron chi connectivity index (χ1n) is 8.96. The minimum absolute atomic E-state index is 0.0482. The Kier molecular flexibility index (Phi) is 5.64. The summed E-state index contributed by atoms with van der Waals surface area (Å²) in [6.45, 7) is 3.32. The third kappa shape index (κ3) is 4.21. The average molecular weight is 376 g/mol. The number of aliphatic hydroxyl groups excluding tert-OH is 1. The number of aromatic hydroxyl groups is 1. The van der Waals surface area contributed by atoms with Crippen LogP contribution in [-0.2, 0) is 5.60 Å². The molecule has 0 radical (unpaired) electrons. The molecule has 1 aromatic heterocycles. The molecule has 2 aromatic rings. The molecule has 0 aliphatic carbocycles. The quantitative estimate of drug-likeness (QED) is 0.694. The van der Waals surface area contributed by atoms with Crippen molar-refractivity contribution in [1.29, 1.82) is 0 Å². The van der Waals surface area contributed by atoms with E-state index in [1.807, 2.05) is 0 Å². The van der Waals surface area contributed by atoms with E-state index < -0.39 is 17.7 Å². The van der Waals surface area contributed by atoms with Crippen LogP contribution in [0.4, 0.5) is 4.39 Å². The average Bonchev–Trinajstić information content (AvgIpc) is 2.65. The zero-order valence-electron chi connectivity index (χ0n) is 15.5. The van der Waals surface area contributed by atoms with E-state index in [0.717, 1.165) is 5.56 Å². The number of halogens is 1. The van der Waals surface area contributed by atoms with Crippen LogP contribution in [0.1, 0.15) is 35.8 Å². The molecule has 6 nitrogen and oxygen atoms in total. The van der Waals surface area contributed by atoms with E-state index in [2.05, 4.69) is 9.88 Å². The lowest BCUT2D eigenvalue weighted by Gasteiger charge is -2.38. The van der Waals surface area contributed by atoms with Crippen LogP contribution >= 0.6 is 0 Å². The van der Waals surface area contributed by atoms with E-state index in [-0.39, 0.29) is 11.5 Å².